The number of fused-ring (bicyclic) bond motifs is 1. The minimum atomic E-state index is -4.62. The molecule has 0 N–H and O–H groups in total. The molecule has 2 aliphatic heterocycles. The lowest BCUT2D eigenvalue weighted by molar-refractivity contribution is -0.145. The minimum Gasteiger partial charge on any atom is -0.383 e. The number of hydrogen-bond donors (Lipinski definition) is 0. The SMILES string of the molecule is COCCN(C)CCCCCc1ccc([C@H]2CCC[C@H]3CN(C(=O)c4cnc(C(F)(F)F)nc4)CCN32)c(C)c1C. The molecule has 41 heavy (non-hydrogen) atoms. The molecular weight excluding hydrogens is 531 g/mol. The van der Waals surface area contributed by atoms with Crippen molar-refractivity contribution < 1.29 is 22.7 Å². The van der Waals surface area contributed by atoms with Gasteiger partial charge in [0.25, 0.3) is 5.91 Å². The van der Waals surface area contributed by atoms with E-state index in [1.165, 1.54) is 41.5 Å². The van der Waals surface area contributed by atoms with E-state index in [1.807, 2.05) is 0 Å². The van der Waals surface area contributed by atoms with Gasteiger partial charge in [-0.2, -0.15) is 13.2 Å². The molecule has 1 aromatic carbocycles. The summed E-state index contributed by atoms with van der Waals surface area (Å²) in [7, 11) is 3.89. The van der Waals surface area contributed by atoms with E-state index in [9.17, 15) is 18.0 Å². The molecule has 0 radical (unpaired) electrons. The Morgan fingerprint density at radius 1 is 1.05 bits per heavy atom. The zero-order valence-corrected chi connectivity index (χ0v) is 24.8. The largest absolute Gasteiger partial charge is 0.451 e. The van der Waals surface area contributed by atoms with E-state index in [-0.39, 0.29) is 17.5 Å². The Bertz CT molecular complexity index is 1160. The highest BCUT2D eigenvalue weighted by Gasteiger charge is 2.38. The van der Waals surface area contributed by atoms with Gasteiger partial charge in [0.15, 0.2) is 0 Å². The Kier molecular flexibility index (Phi) is 10.8. The Hall–Kier alpha value is -2.56. The summed E-state index contributed by atoms with van der Waals surface area (Å²) in [4.78, 5) is 26.4. The van der Waals surface area contributed by atoms with Crippen LogP contribution in [0, 0.1) is 13.8 Å². The maximum absolute atomic E-state index is 13.1. The van der Waals surface area contributed by atoms with Crippen LogP contribution in [0.2, 0.25) is 0 Å². The monoisotopic (exact) mass is 575 g/mol. The molecule has 2 atom stereocenters. The molecule has 226 valence electrons. The number of amides is 1. The molecule has 4 rings (SSSR count). The van der Waals surface area contributed by atoms with Crippen molar-refractivity contribution in [1.29, 1.82) is 0 Å². The number of carbonyl (C=O) groups excluding carboxylic acids is 1. The van der Waals surface area contributed by atoms with Gasteiger partial charge in [-0.05, 0) is 88.2 Å². The van der Waals surface area contributed by atoms with Gasteiger partial charge in [0, 0.05) is 57.8 Å². The highest BCUT2D eigenvalue weighted by molar-refractivity contribution is 5.93. The molecule has 2 aromatic rings. The summed E-state index contributed by atoms with van der Waals surface area (Å²) in [5.41, 5.74) is 5.66. The molecule has 2 saturated heterocycles. The summed E-state index contributed by atoms with van der Waals surface area (Å²) in [5.74, 6) is -1.54. The van der Waals surface area contributed by atoms with Crippen molar-refractivity contribution in [2.45, 2.75) is 77.1 Å². The number of hydrogen-bond acceptors (Lipinski definition) is 6. The summed E-state index contributed by atoms with van der Waals surface area (Å²) >= 11 is 0. The van der Waals surface area contributed by atoms with E-state index in [1.54, 1.807) is 12.0 Å². The number of benzene rings is 1. The van der Waals surface area contributed by atoms with Crippen LogP contribution < -0.4 is 0 Å². The summed E-state index contributed by atoms with van der Waals surface area (Å²) in [6.07, 6.45) is 5.21. The first-order valence-electron chi connectivity index (χ1n) is 14.8. The van der Waals surface area contributed by atoms with Gasteiger partial charge in [0.1, 0.15) is 0 Å². The first-order chi connectivity index (χ1) is 19.6. The zero-order chi connectivity index (χ0) is 29.6. The number of ether oxygens (including phenoxy) is 1. The van der Waals surface area contributed by atoms with Gasteiger partial charge in [-0.15, -0.1) is 0 Å². The van der Waals surface area contributed by atoms with Crippen LogP contribution in [0.4, 0.5) is 13.2 Å². The number of carbonyl (C=O) groups is 1. The normalized spacial score (nSPS) is 20.0. The molecule has 0 spiro atoms. The number of aromatic nitrogens is 2. The van der Waals surface area contributed by atoms with Gasteiger partial charge in [0.05, 0.1) is 12.2 Å². The quantitative estimate of drug-likeness (QED) is 0.332. The van der Waals surface area contributed by atoms with Crippen LogP contribution in [0.5, 0.6) is 0 Å². The third kappa shape index (κ3) is 7.84. The molecule has 0 saturated carbocycles. The Morgan fingerprint density at radius 3 is 2.51 bits per heavy atom. The van der Waals surface area contributed by atoms with Crippen molar-refractivity contribution >= 4 is 5.91 Å². The second kappa shape index (κ2) is 14.1. The van der Waals surface area contributed by atoms with E-state index in [0.717, 1.165) is 64.3 Å². The number of nitrogens with zero attached hydrogens (tertiary/aromatic N) is 5. The van der Waals surface area contributed by atoms with Crippen molar-refractivity contribution in [3.63, 3.8) is 0 Å². The number of alkyl halides is 3. The highest BCUT2D eigenvalue weighted by atomic mass is 19.4. The lowest BCUT2D eigenvalue weighted by Crippen LogP contribution is -2.57. The number of unbranched alkanes of at least 4 members (excludes halogenated alkanes) is 2. The number of rotatable bonds is 11. The van der Waals surface area contributed by atoms with Crippen molar-refractivity contribution in [2.24, 2.45) is 0 Å². The van der Waals surface area contributed by atoms with Crippen LogP contribution in [-0.4, -0.2) is 90.1 Å². The number of halogens is 3. The molecule has 10 heteroatoms. The third-order valence-corrected chi connectivity index (χ3v) is 8.85. The van der Waals surface area contributed by atoms with Crippen LogP contribution in [0.25, 0.3) is 0 Å². The molecule has 0 aliphatic carbocycles. The van der Waals surface area contributed by atoms with E-state index in [4.69, 9.17) is 4.74 Å². The lowest BCUT2D eigenvalue weighted by Gasteiger charge is -2.48. The summed E-state index contributed by atoms with van der Waals surface area (Å²) in [6.45, 7) is 9.16. The van der Waals surface area contributed by atoms with E-state index >= 15 is 0 Å². The maximum Gasteiger partial charge on any atom is 0.451 e. The number of aryl methyl sites for hydroxylation is 1. The van der Waals surface area contributed by atoms with Crippen LogP contribution in [0.1, 0.15) is 83.0 Å². The van der Waals surface area contributed by atoms with E-state index in [0.29, 0.717) is 19.1 Å². The molecule has 1 aromatic heterocycles. The summed E-state index contributed by atoms with van der Waals surface area (Å²) in [5, 5.41) is 0. The van der Waals surface area contributed by atoms with Gasteiger partial charge in [0.2, 0.25) is 5.82 Å². The van der Waals surface area contributed by atoms with Crippen molar-refractivity contribution in [3.05, 3.63) is 58.2 Å². The van der Waals surface area contributed by atoms with Gasteiger partial charge in [-0.25, -0.2) is 9.97 Å². The van der Waals surface area contributed by atoms with Gasteiger partial charge >= 0.3 is 6.18 Å². The smallest absolute Gasteiger partial charge is 0.383 e. The fourth-order valence-corrected chi connectivity index (χ4v) is 6.30. The van der Waals surface area contributed by atoms with Gasteiger partial charge in [-0.1, -0.05) is 18.6 Å². The highest BCUT2D eigenvalue weighted by Crippen LogP contribution is 2.39. The predicted octanol–water partition coefficient (Wildman–Crippen LogP) is 5.45. The topological polar surface area (TPSA) is 61.8 Å². The Morgan fingerprint density at radius 2 is 1.80 bits per heavy atom. The van der Waals surface area contributed by atoms with Crippen LogP contribution in [-0.2, 0) is 17.3 Å². The van der Waals surface area contributed by atoms with E-state index in [2.05, 4.69) is 52.8 Å². The minimum absolute atomic E-state index is 0.0963. The lowest BCUT2D eigenvalue weighted by atomic mass is 9.85. The van der Waals surface area contributed by atoms with Crippen molar-refractivity contribution in [1.82, 2.24) is 24.7 Å². The molecule has 2 aliphatic rings. The molecular formula is C31H44F3N5O2. The van der Waals surface area contributed by atoms with Gasteiger partial charge < -0.3 is 14.5 Å². The Balaban J connectivity index is 1.34. The van der Waals surface area contributed by atoms with Gasteiger partial charge in [-0.3, -0.25) is 9.69 Å². The maximum atomic E-state index is 13.1. The van der Waals surface area contributed by atoms with Crippen LogP contribution in [0.3, 0.4) is 0 Å². The molecule has 2 fully saturated rings. The fraction of sp³-hybridized carbons (Fsp3) is 0.645. The molecule has 1 amide bonds. The molecule has 3 heterocycles. The number of methoxy groups -OCH3 is 1. The zero-order valence-electron chi connectivity index (χ0n) is 24.8. The van der Waals surface area contributed by atoms with E-state index < -0.39 is 12.0 Å². The predicted molar refractivity (Wildman–Crippen MR) is 153 cm³/mol. The number of piperidine rings is 1. The third-order valence-electron chi connectivity index (χ3n) is 8.85. The average Bonchev–Trinajstić information content (AvgIpc) is 2.96. The first-order valence-corrected chi connectivity index (χ1v) is 14.8. The first kappa shape index (κ1) is 31.4. The molecule has 0 bridgehead atoms. The standard InChI is InChI=1S/C31H44F3N5O2/c1-22-23(2)27(13-12-24(22)9-6-5-7-14-37(3)17-18-41-4)28-11-8-10-26-21-38(15-16-39(26)28)29(40)25-19-35-30(36-20-25)31(32,33)34/h12-13,19-20,26,28H,5-11,14-18,21H2,1-4H3/t26-,28+/m0/s1. The van der Waals surface area contributed by atoms with Crippen LogP contribution in [0.15, 0.2) is 24.5 Å². The van der Waals surface area contributed by atoms with Crippen molar-refractivity contribution in [2.75, 3.05) is 53.5 Å². The Labute approximate surface area is 242 Å². The second-order valence-corrected chi connectivity index (χ2v) is 11.6. The second-order valence-electron chi connectivity index (χ2n) is 11.6. The molecule has 7 nitrogen and oxygen atoms in total. The van der Waals surface area contributed by atoms with Crippen LogP contribution >= 0.6 is 0 Å². The number of likely N-dealkylation sites (N-methyl/N-ethyl adjacent to an activating group) is 1. The average molecular weight is 576 g/mol. The molecule has 0 unspecified atom stereocenters. The van der Waals surface area contributed by atoms with Crippen molar-refractivity contribution in [3.8, 4) is 0 Å². The summed E-state index contributed by atoms with van der Waals surface area (Å²) in [6, 6.07) is 5.18. The number of piperazine rings is 1. The fourth-order valence-electron chi connectivity index (χ4n) is 6.30. The summed E-state index contributed by atoms with van der Waals surface area (Å²) < 4.78 is 43.6.